The van der Waals surface area contributed by atoms with E-state index in [0.29, 0.717) is 5.92 Å². The molecule has 2 atom stereocenters. The first-order chi connectivity index (χ1) is 10.7. The van der Waals surface area contributed by atoms with Crippen LogP contribution in [0.3, 0.4) is 0 Å². The molecule has 1 aromatic carbocycles. The fourth-order valence-corrected chi connectivity index (χ4v) is 4.94. The Bertz CT molecular complexity index is 740. The summed E-state index contributed by atoms with van der Waals surface area (Å²) in [7, 11) is 0. The molecule has 1 fully saturated rings. The molecule has 0 aliphatic carbocycles. The van der Waals surface area contributed by atoms with Crippen molar-refractivity contribution in [1.29, 1.82) is 0 Å². The molecular formula is C18H19BrN2S. The van der Waals surface area contributed by atoms with Crippen LogP contribution >= 0.6 is 28.1 Å². The molecule has 0 N–H and O–H groups in total. The average molecular weight is 375 g/mol. The molecule has 2 nitrogen and oxygen atoms in total. The largest absolute Gasteiger partial charge is 0.335 e. The third-order valence-corrected chi connectivity index (χ3v) is 5.89. The average Bonchev–Trinajstić information content (AvgIpc) is 2.51. The molecule has 2 aliphatic rings. The standard InChI is InChI=1S/C18H19BrN2S/c19-16-6-7-17(22)21-11-14-8-15(18(16)21)12-20(10-14)9-13-4-2-1-3-5-13/h1-7,14-15H,8-12H2/t14-,15+/m1/s1. The van der Waals surface area contributed by atoms with Gasteiger partial charge in [0.05, 0.1) is 0 Å². The topological polar surface area (TPSA) is 8.17 Å². The first-order valence-corrected chi connectivity index (χ1v) is 9.06. The predicted octanol–water partition coefficient (Wildman–Crippen LogP) is 4.60. The molecule has 4 rings (SSSR count). The van der Waals surface area contributed by atoms with E-state index in [9.17, 15) is 0 Å². The molecule has 0 amide bonds. The number of benzene rings is 1. The van der Waals surface area contributed by atoms with Crippen LogP contribution < -0.4 is 0 Å². The van der Waals surface area contributed by atoms with E-state index in [1.165, 1.54) is 28.7 Å². The molecule has 2 aliphatic heterocycles. The maximum absolute atomic E-state index is 5.54. The Morgan fingerprint density at radius 2 is 1.86 bits per heavy atom. The zero-order valence-electron chi connectivity index (χ0n) is 12.4. The second-order valence-corrected chi connectivity index (χ2v) is 7.77. The molecule has 4 heteroatoms. The number of hydrogen-bond acceptors (Lipinski definition) is 2. The number of hydrogen-bond donors (Lipinski definition) is 0. The zero-order chi connectivity index (χ0) is 15.1. The predicted molar refractivity (Wildman–Crippen MR) is 95.5 cm³/mol. The van der Waals surface area contributed by atoms with Crippen LogP contribution in [0.5, 0.6) is 0 Å². The van der Waals surface area contributed by atoms with Gasteiger partial charge in [0.25, 0.3) is 0 Å². The van der Waals surface area contributed by atoms with Crippen molar-refractivity contribution in [3.8, 4) is 0 Å². The van der Waals surface area contributed by atoms with Crippen molar-refractivity contribution < 1.29 is 0 Å². The number of aromatic nitrogens is 1. The van der Waals surface area contributed by atoms with Crippen molar-refractivity contribution in [1.82, 2.24) is 9.47 Å². The molecule has 0 spiro atoms. The molecule has 0 unspecified atom stereocenters. The molecule has 1 saturated heterocycles. The van der Waals surface area contributed by atoms with Gasteiger partial charge in [0.15, 0.2) is 0 Å². The minimum absolute atomic E-state index is 0.591. The van der Waals surface area contributed by atoms with Gasteiger partial charge in [-0.1, -0.05) is 42.5 Å². The lowest BCUT2D eigenvalue weighted by Crippen LogP contribution is -2.44. The lowest BCUT2D eigenvalue weighted by atomic mass is 9.83. The Balaban J connectivity index is 1.62. The minimum atomic E-state index is 0.591. The molecule has 2 aromatic rings. The molecule has 1 aromatic heterocycles. The van der Waals surface area contributed by atoms with Crippen LogP contribution in [0, 0.1) is 10.6 Å². The molecule has 0 radical (unpaired) electrons. The molecule has 2 bridgehead atoms. The van der Waals surface area contributed by atoms with E-state index in [4.69, 9.17) is 12.2 Å². The van der Waals surface area contributed by atoms with Crippen LogP contribution in [0.2, 0.25) is 0 Å². The highest BCUT2D eigenvalue weighted by Crippen LogP contribution is 2.39. The fraction of sp³-hybridized carbons (Fsp3) is 0.389. The zero-order valence-corrected chi connectivity index (χ0v) is 14.8. The molecule has 114 valence electrons. The Labute approximate surface area is 144 Å². The summed E-state index contributed by atoms with van der Waals surface area (Å²) in [5.41, 5.74) is 2.81. The summed E-state index contributed by atoms with van der Waals surface area (Å²) in [5, 5.41) is 0. The van der Waals surface area contributed by atoms with Gasteiger partial charge in [-0.2, -0.15) is 0 Å². The van der Waals surface area contributed by atoms with Gasteiger partial charge in [-0.3, -0.25) is 4.90 Å². The van der Waals surface area contributed by atoms with Gasteiger partial charge in [-0.05, 0) is 46.0 Å². The summed E-state index contributed by atoms with van der Waals surface area (Å²) < 4.78 is 4.55. The Morgan fingerprint density at radius 3 is 2.68 bits per heavy atom. The van der Waals surface area contributed by atoms with E-state index in [2.05, 4.69) is 61.8 Å². The van der Waals surface area contributed by atoms with Crippen molar-refractivity contribution in [2.24, 2.45) is 5.92 Å². The Kier molecular flexibility index (Phi) is 3.93. The van der Waals surface area contributed by atoms with E-state index in [1.807, 2.05) is 6.07 Å². The van der Waals surface area contributed by atoms with Crippen molar-refractivity contribution in [3.63, 3.8) is 0 Å². The number of rotatable bonds is 2. The Morgan fingerprint density at radius 1 is 1.05 bits per heavy atom. The van der Waals surface area contributed by atoms with Gasteiger partial charge >= 0.3 is 0 Å². The summed E-state index contributed by atoms with van der Waals surface area (Å²) in [6.07, 6.45) is 1.29. The van der Waals surface area contributed by atoms with Crippen LogP contribution in [0.15, 0.2) is 46.9 Å². The van der Waals surface area contributed by atoms with Crippen LogP contribution in [0.1, 0.15) is 23.6 Å². The smallest absolute Gasteiger partial charge is 0.106 e. The van der Waals surface area contributed by atoms with E-state index >= 15 is 0 Å². The molecule has 22 heavy (non-hydrogen) atoms. The van der Waals surface area contributed by atoms with Crippen molar-refractivity contribution in [2.45, 2.75) is 25.4 Å². The van der Waals surface area contributed by atoms with E-state index in [-0.39, 0.29) is 0 Å². The van der Waals surface area contributed by atoms with Gasteiger partial charge in [0.1, 0.15) is 4.64 Å². The quantitative estimate of drug-likeness (QED) is 0.709. The number of nitrogens with zero attached hydrogens (tertiary/aromatic N) is 2. The molecular weight excluding hydrogens is 356 g/mol. The summed E-state index contributed by atoms with van der Waals surface area (Å²) in [6, 6.07) is 15.0. The van der Waals surface area contributed by atoms with E-state index < -0.39 is 0 Å². The summed E-state index contributed by atoms with van der Waals surface area (Å²) >= 11 is 9.28. The fourth-order valence-electron chi connectivity index (χ4n) is 4.03. The van der Waals surface area contributed by atoms with Crippen molar-refractivity contribution in [3.05, 3.63) is 62.8 Å². The number of pyridine rings is 1. The molecule has 0 saturated carbocycles. The maximum Gasteiger partial charge on any atom is 0.106 e. The first kappa shape index (κ1) is 14.6. The summed E-state index contributed by atoms with van der Waals surface area (Å²) in [4.78, 5) is 2.61. The molecule has 3 heterocycles. The van der Waals surface area contributed by atoms with Crippen LogP contribution in [-0.2, 0) is 13.1 Å². The second-order valence-electron chi connectivity index (χ2n) is 6.49. The number of fused-ring (bicyclic) bond motifs is 4. The van der Waals surface area contributed by atoms with E-state index in [1.54, 1.807) is 0 Å². The monoisotopic (exact) mass is 374 g/mol. The SMILES string of the molecule is S=c1ccc(Br)c2n1C[C@@H]1C[C@H]2CN(Cc2ccccc2)C1. The van der Waals surface area contributed by atoms with Crippen molar-refractivity contribution in [2.75, 3.05) is 13.1 Å². The van der Waals surface area contributed by atoms with Gasteiger partial charge in [-0.15, -0.1) is 0 Å². The minimum Gasteiger partial charge on any atom is -0.335 e. The van der Waals surface area contributed by atoms with E-state index in [0.717, 1.165) is 30.2 Å². The number of halogens is 1. The summed E-state index contributed by atoms with van der Waals surface area (Å²) in [5.74, 6) is 1.31. The van der Waals surface area contributed by atoms with Gasteiger partial charge < -0.3 is 4.57 Å². The van der Waals surface area contributed by atoms with Crippen LogP contribution in [0.25, 0.3) is 0 Å². The normalized spacial score (nSPS) is 24.0. The van der Waals surface area contributed by atoms with Crippen LogP contribution in [0.4, 0.5) is 0 Å². The second kappa shape index (κ2) is 5.91. The summed E-state index contributed by atoms with van der Waals surface area (Å²) in [6.45, 7) is 4.43. The highest BCUT2D eigenvalue weighted by atomic mass is 79.9. The first-order valence-electron chi connectivity index (χ1n) is 7.86. The lowest BCUT2D eigenvalue weighted by molar-refractivity contribution is 0.114. The maximum atomic E-state index is 5.54. The lowest BCUT2D eigenvalue weighted by Gasteiger charge is -2.43. The van der Waals surface area contributed by atoms with Gasteiger partial charge in [0, 0.05) is 42.3 Å². The van der Waals surface area contributed by atoms with Gasteiger partial charge in [0.2, 0.25) is 0 Å². The highest BCUT2D eigenvalue weighted by molar-refractivity contribution is 9.10. The third kappa shape index (κ3) is 2.68. The van der Waals surface area contributed by atoms with Crippen molar-refractivity contribution >= 4 is 28.1 Å². The number of piperidine rings is 1. The Hall–Kier alpha value is -0.970. The van der Waals surface area contributed by atoms with Crippen LogP contribution in [-0.4, -0.2) is 22.6 Å². The van der Waals surface area contributed by atoms with Gasteiger partial charge in [-0.25, -0.2) is 0 Å². The third-order valence-electron chi connectivity index (χ3n) is 4.86. The highest BCUT2D eigenvalue weighted by Gasteiger charge is 2.35. The number of likely N-dealkylation sites (tertiary alicyclic amines) is 1.